The van der Waals surface area contributed by atoms with Crippen LogP contribution in [0.25, 0.3) is 11.0 Å². The van der Waals surface area contributed by atoms with Crippen LogP contribution in [0.15, 0.2) is 24.3 Å². The number of aromatic nitrogens is 2. The van der Waals surface area contributed by atoms with Gasteiger partial charge < -0.3 is 14.8 Å². The van der Waals surface area contributed by atoms with E-state index in [1.807, 2.05) is 42.7 Å². The van der Waals surface area contributed by atoms with Crippen LogP contribution in [0, 0.1) is 0 Å². The van der Waals surface area contributed by atoms with Crippen LogP contribution in [-0.2, 0) is 11.3 Å². The van der Waals surface area contributed by atoms with Crippen molar-refractivity contribution in [2.75, 3.05) is 6.54 Å². The van der Waals surface area contributed by atoms with Gasteiger partial charge >= 0.3 is 0 Å². The van der Waals surface area contributed by atoms with Gasteiger partial charge in [0.25, 0.3) is 5.91 Å². The summed E-state index contributed by atoms with van der Waals surface area (Å²) in [6.45, 7) is 4.93. The molecule has 1 saturated carbocycles. The van der Waals surface area contributed by atoms with Crippen molar-refractivity contribution in [3.05, 3.63) is 30.1 Å². The maximum absolute atomic E-state index is 13.5. The first kappa shape index (κ1) is 19.0. The van der Waals surface area contributed by atoms with Gasteiger partial charge in [-0.05, 0) is 38.3 Å². The van der Waals surface area contributed by atoms with Gasteiger partial charge in [0.1, 0.15) is 5.54 Å². The van der Waals surface area contributed by atoms with Crippen LogP contribution in [0.2, 0.25) is 0 Å². The van der Waals surface area contributed by atoms with Crippen molar-refractivity contribution in [3.63, 3.8) is 0 Å². The Balaban J connectivity index is 1.69. The smallest absolute Gasteiger partial charge is 0.290 e. The molecule has 1 unspecified atom stereocenters. The fraction of sp³-hybridized carbons (Fsp3) is 0.591. The highest BCUT2D eigenvalue weighted by Crippen LogP contribution is 2.31. The van der Waals surface area contributed by atoms with E-state index >= 15 is 0 Å². The van der Waals surface area contributed by atoms with Crippen LogP contribution >= 0.6 is 0 Å². The number of carbonyl (C=O) groups is 2. The van der Waals surface area contributed by atoms with Crippen LogP contribution in [-0.4, -0.2) is 44.4 Å². The molecule has 4 rings (SSSR count). The molecule has 28 heavy (non-hydrogen) atoms. The summed E-state index contributed by atoms with van der Waals surface area (Å²) in [7, 11) is 0. The van der Waals surface area contributed by atoms with Gasteiger partial charge in [0.2, 0.25) is 5.91 Å². The highest BCUT2D eigenvalue weighted by Gasteiger charge is 2.48. The Bertz CT molecular complexity index is 882. The second kappa shape index (κ2) is 7.57. The van der Waals surface area contributed by atoms with Crippen LogP contribution in [0.1, 0.15) is 69.4 Å². The molecule has 2 heterocycles. The molecule has 6 nitrogen and oxygen atoms in total. The molecule has 1 atom stereocenters. The Morgan fingerprint density at radius 1 is 1.21 bits per heavy atom. The summed E-state index contributed by atoms with van der Waals surface area (Å²) in [5.41, 5.74) is 0.807. The Morgan fingerprint density at radius 2 is 1.93 bits per heavy atom. The van der Waals surface area contributed by atoms with Gasteiger partial charge in [0.05, 0.1) is 17.6 Å². The van der Waals surface area contributed by atoms with E-state index in [9.17, 15) is 9.59 Å². The summed E-state index contributed by atoms with van der Waals surface area (Å²) < 4.78 is 1.93. The van der Waals surface area contributed by atoms with Gasteiger partial charge in [-0.1, -0.05) is 44.7 Å². The minimum atomic E-state index is -0.907. The van der Waals surface area contributed by atoms with Gasteiger partial charge in [0.15, 0.2) is 5.82 Å². The summed E-state index contributed by atoms with van der Waals surface area (Å²) in [6.07, 6.45) is 7.68. The normalized spacial score (nSPS) is 23.5. The predicted octanol–water partition coefficient (Wildman–Crippen LogP) is 3.50. The van der Waals surface area contributed by atoms with Gasteiger partial charge in [-0.25, -0.2) is 4.98 Å². The van der Waals surface area contributed by atoms with Crippen LogP contribution < -0.4 is 5.32 Å². The van der Waals surface area contributed by atoms with E-state index < -0.39 is 5.54 Å². The SMILES string of the molecule is CCCN1C(=O)c2nc3ccccc3n2CC1(C)C(=O)NC1CCCCCC1. The molecule has 2 aromatic rings. The summed E-state index contributed by atoms with van der Waals surface area (Å²) in [5.74, 6) is 0.252. The third-order valence-corrected chi connectivity index (χ3v) is 6.28. The topological polar surface area (TPSA) is 67.2 Å². The van der Waals surface area contributed by atoms with E-state index in [2.05, 4.69) is 10.3 Å². The molecule has 1 aliphatic carbocycles. The fourth-order valence-electron chi connectivity index (χ4n) is 4.67. The zero-order chi connectivity index (χ0) is 19.7. The highest BCUT2D eigenvalue weighted by atomic mass is 16.2. The lowest BCUT2D eigenvalue weighted by Gasteiger charge is -2.44. The number of hydrogen-bond donors (Lipinski definition) is 1. The molecule has 1 aliphatic heterocycles. The van der Waals surface area contributed by atoms with E-state index in [-0.39, 0.29) is 17.9 Å². The summed E-state index contributed by atoms with van der Waals surface area (Å²) in [5, 5.41) is 3.28. The number of benzene rings is 1. The molecule has 1 aromatic heterocycles. The largest absolute Gasteiger partial charge is 0.351 e. The number of nitrogens with one attached hydrogen (secondary N) is 1. The van der Waals surface area contributed by atoms with Gasteiger partial charge in [-0.15, -0.1) is 0 Å². The quantitative estimate of drug-likeness (QED) is 0.823. The number of hydrogen-bond acceptors (Lipinski definition) is 3. The minimum absolute atomic E-state index is 0.0374. The zero-order valence-corrected chi connectivity index (χ0v) is 16.9. The monoisotopic (exact) mass is 382 g/mol. The molecule has 0 spiro atoms. The maximum Gasteiger partial charge on any atom is 0.290 e. The highest BCUT2D eigenvalue weighted by molar-refractivity contribution is 6.01. The minimum Gasteiger partial charge on any atom is -0.351 e. The van der Waals surface area contributed by atoms with Crippen molar-refractivity contribution >= 4 is 22.8 Å². The van der Waals surface area contributed by atoms with Crippen molar-refractivity contribution in [2.24, 2.45) is 0 Å². The van der Waals surface area contributed by atoms with Crippen LogP contribution in [0.4, 0.5) is 0 Å². The molecule has 150 valence electrons. The molecule has 0 radical (unpaired) electrons. The van der Waals surface area contributed by atoms with Crippen molar-refractivity contribution in [2.45, 2.75) is 76.9 Å². The number of fused-ring (bicyclic) bond motifs is 3. The third kappa shape index (κ3) is 3.19. The molecule has 1 N–H and O–H groups in total. The fourth-order valence-corrected chi connectivity index (χ4v) is 4.67. The van der Waals surface area contributed by atoms with E-state index in [1.165, 1.54) is 12.8 Å². The summed E-state index contributed by atoms with van der Waals surface area (Å²) >= 11 is 0. The van der Waals surface area contributed by atoms with Gasteiger partial charge in [-0.2, -0.15) is 0 Å². The van der Waals surface area contributed by atoms with Crippen molar-refractivity contribution in [1.29, 1.82) is 0 Å². The molecule has 0 bridgehead atoms. The average molecular weight is 383 g/mol. The van der Waals surface area contributed by atoms with Crippen molar-refractivity contribution in [1.82, 2.24) is 19.8 Å². The lowest BCUT2D eigenvalue weighted by Crippen LogP contribution is -2.65. The lowest BCUT2D eigenvalue weighted by molar-refractivity contribution is -0.133. The second-order valence-electron chi connectivity index (χ2n) is 8.40. The average Bonchev–Trinajstić information content (AvgIpc) is 2.86. The summed E-state index contributed by atoms with van der Waals surface area (Å²) in [4.78, 5) is 33.1. The first-order chi connectivity index (χ1) is 13.5. The first-order valence-electron chi connectivity index (χ1n) is 10.6. The summed E-state index contributed by atoms with van der Waals surface area (Å²) in [6, 6.07) is 7.97. The Labute approximate surface area is 166 Å². The molecule has 2 amide bonds. The second-order valence-corrected chi connectivity index (χ2v) is 8.40. The zero-order valence-electron chi connectivity index (χ0n) is 16.9. The number of carbonyl (C=O) groups excluding carboxylic acids is 2. The Kier molecular flexibility index (Phi) is 5.13. The van der Waals surface area contributed by atoms with E-state index in [0.717, 1.165) is 43.1 Å². The van der Waals surface area contributed by atoms with Crippen LogP contribution in [0.5, 0.6) is 0 Å². The predicted molar refractivity (Wildman–Crippen MR) is 109 cm³/mol. The Morgan fingerprint density at radius 3 is 2.64 bits per heavy atom. The number of para-hydroxylation sites is 2. The molecule has 0 saturated heterocycles. The molecule has 2 aliphatic rings. The number of rotatable bonds is 4. The van der Waals surface area contributed by atoms with Crippen molar-refractivity contribution in [3.8, 4) is 0 Å². The van der Waals surface area contributed by atoms with Gasteiger partial charge in [0, 0.05) is 12.6 Å². The standard InChI is InChI=1S/C22H30N4O2/c1-3-14-26-20(27)19-24-17-12-8-9-13-18(17)25(19)15-22(26,2)21(28)23-16-10-6-4-5-7-11-16/h8-9,12-13,16H,3-7,10-11,14-15H2,1-2H3,(H,23,28). The lowest BCUT2D eigenvalue weighted by atomic mass is 9.94. The van der Waals surface area contributed by atoms with Crippen molar-refractivity contribution < 1.29 is 9.59 Å². The Hall–Kier alpha value is -2.37. The number of imidazole rings is 1. The van der Waals surface area contributed by atoms with E-state index in [0.29, 0.717) is 18.9 Å². The molecular weight excluding hydrogens is 352 g/mol. The van der Waals surface area contributed by atoms with Crippen LogP contribution in [0.3, 0.4) is 0 Å². The van der Waals surface area contributed by atoms with E-state index in [4.69, 9.17) is 0 Å². The first-order valence-corrected chi connectivity index (χ1v) is 10.6. The van der Waals surface area contributed by atoms with Gasteiger partial charge in [-0.3, -0.25) is 9.59 Å². The third-order valence-electron chi connectivity index (χ3n) is 6.28. The molecular formula is C22H30N4O2. The maximum atomic E-state index is 13.5. The number of amides is 2. The van der Waals surface area contributed by atoms with E-state index in [1.54, 1.807) is 4.90 Å². The molecule has 1 fully saturated rings. The molecule has 6 heteroatoms. The molecule has 1 aromatic carbocycles. The number of nitrogens with zero attached hydrogens (tertiary/aromatic N) is 3.